The molecule has 2 rings (SSSR count). The number of para-hydroxylation sites is 1. The van der Waals surface area contributed by atoms with E-state index in [4.69, 9.17) is 5.73 Å². The van der Waals surface area contributed by atoms with Gasteiger partial charge in [0.1, 0.15) is 0 Å². The lowest BCUT2D eigenvalue weighted by Crippen LogP contribution is -2.04. The summed E-state index contributed by atoms with van der Waals surface area (Å²) in [5, 5.41) is 4.38. The lowest BCUT2D eigenvalue weighted by Gasteiger charge is -2.11. The molecule has 0 aliphatic rings. The molecule has 3 N–H and O–H groups in total. The summed E-state index contributed by atoms with van der Waals surface area (Å²) >= 11 is 0. The summed E-state index contributed by atoms with van der Waals surface area (Å²) in [6.45, 7) is 4.53. The average Bonchev–Trinajstić information content (AvgIpc) is 2.32. The molecule has 0 aliphatic carbocycles. The van der Waals surface area contributed by atoms with Crippen molar-refractivity contribution in [2.75, 3.05) is 17.6 Å². The zero-order valence-corrected chi connectivity index (χ0v) is 9.11. The first-order chi connectivity index (χ1) is 7.83. The van der Waals surface area contributed by atoms with Gasteiger partial charge >= 0.3 is 0 Å². The normalized spacial score (nSPS) is 10.2. The number of nitrogens with two attached hydrogens (primary N) is 1. The van der Waals surface area contributed by atoms with Crippen molar-refractivity contribution in [1.82, 2.24) is 4.98 Å². The van der Waals surface area contributed by atoms with Gasteiger partial charge in [-0.15, -0.1) is 6.58 Å². The Morgan fingerprint density at radius 1 is 1.38 bits per heavy atom. The Morgan fingerprint density at radius 3 is 3.00 bits per heavy atom. The van der Waals surface area contributed by atoms with Crippen molar-refractivity contribution in [2.24, 2.45) is 0 Å². The van der Waals surface area contributed by atoms with Crippen LogP contribution in [0.5, 0.6) is 0 Å². The molecule has 3 heteroatoms. The van der Waals surface area contributed by atoms with E-state index in [2.05, 4.69) is 16.9 Å². The fourth-order valence-electron chi connectivity index (χ4n) is 1.65. The minimum atomic E-state index is 0.683. The number of rotatable bonds is 4. The Labute approximate surface area is 95.0 Å². The Bertz CT molecular complexity index is 506. The molecule has 82 valence electrons. The second kappa shape index (κ2) is 4.66. The number of aromatic nitrogens is 1. The molecule has 2 aromatic rings. The highest BCUT2D eigenvalue weighted by molar-refractivity contribution is 5.96. The quantitative estimate of drug-likeness (QED) is 0.606. The van der Waals surface area contributed by atoms with E-state index < -0.39 is 0 Å². The van der Waals surface area contributed by atoms with Gasteiger partial charge in [0.15, 0.2) is 0 Å². The maximum absolute atomic E-state index is 5.92. The average molecular weight is 213 g/mol. The van der Waals surface area contributed by atoms with Gasteiger partial charge in [-0.1, -0.05) is 24.3 Å². The van der Waals surface area contributed by atoms with Crippen LogP contribution in [0.3, 0.4) is 0 Å². The number of nitrogens with zero attached hydrogens (tertiary/aromatic N) is 1. The second-order valence-corrected chi connectivity index (χ2v) is 3.61. The Hall–Kier alpha value is -2.03. The summed E-state index contributed by atoms with van der Waals surface area (Å²) in [6.07, 6.45) is 4.49. The van der Waals surface area contributed by atoms with Crippen molar-refractivity contribution in [3.05, 3.63) is 43.1 Å². The fraction of sp³-hybridized carbons (Fsp3) is 0.154. The van der Waals surface area contributed by atoms with Crippen LogP contribution in [0.1, 0.15) is 6.42 Å². The molecule has 0 amide bonds. The lowest BCUT2D eigenvalue weighted by atomic mass is 10.1. The predicted octanol–water partition coefficient (Wildman–Crippen LogP) is 2.81. The van der Waals surface area contributed by atoms with E-state index in [1.807, 2.05) is 30.3 Å². The Kier molecular flexibility index (Phi) is 3.05. The largest absolute Gasteiger partial charge is 0.396 e. The van der Waals surface area contributed by atoms with Crippen LogP contribution < -0.4 is 11.1 Å². The van der Waals surface area contributed by atoms with Gasteiger partial charge in [0.05, 0.1) is 23.1 Å². The molecule has 0 aliphatic heterocycles. The van der Waals surface area contributed by atoms with Crippen LogP contribution in [-0.2, 0) is 0 Å². The van der Waals surface area contributed by atoms with Gasteiger partial charge in [-0.05, 0) is 12.5 Å². The molecule has 0 fully saturated rings. The standard InChI is InChI=1S/C13H15N3/c1-2-3-8-15-13-10-6-4-5-7-12(10)16-9-11(13)14/h2,4-7,9H,1,3,8,14H2,(H,15,16). The van der Waals surface area contributed by atoms with Crippen LogP contribution in [-0.4, -0.2) is 11.5 Å². The third-order valence-electron chi connectivity index (χ3n) is 2.46. The third-order valence-corrected chi connectivity index (χ3v) is 2.46. The number of anilines is 2. The topological polar surface area (TPSA) is 50.9 Å². The number of nitrogen functional groups attached to an aromatic ring is 1. The maximum atomic E-state index is 5.92. The van der Waals surface area contributed by atoms with Gasteiger partial charge in [0.2, 0.25) is 0 Å². The van der Waals surface area contributed by atoms with Gasteiger partial charge in [-0.2, -0.15) is 0 Å². The SMILES string of the molecule is C=CCCNc1c(N)cnc2ccccc12. The lowest BCUT2D eigenvalue weighted by molar-refractivity contribution is 1.07. The van der Waals surface area contributed by atoms with Gasteiger partial charge < -0.3 is 11.1 Å². The monoisotopic (exact) mass is 213 g/mol. The Balaban J connectivity index is 2.40. The zero-order valence-electron chi connectivity index (χ0n) is 9.11. The number of nitrogens with one attached hydrogen (secondary N) is 1. The van der Waals surface area contributed by atoms with Crippen molar-refractivity contribution in [3.8, 4) is 0 Å². The molecule has 0 radical (unpaired) electrons. The minimum Gasteiger partial charge on any atom is -0.396 e. The van der Waals surface area contributed by atoms with Gasteiger partial charge in [-0.25, -0.2) is 0 Å². The van der Waals surface area contributed by atoms with Crippen molar-refractivity contribution in [3.63, 3.8) is 0 Å². The van der Waals surface area contributed by atoms with E-state index >= 15 is 0 Å². The molecule has 1 aromatic heterocycles. The molecule has 3 nitrogen and oxygen atoms in total. The molecular weight excluding hydrogens is 198 g/mol. The van der Waals surface area contributed by atoms with Crippen LogP contribution >= 0.6 is 0 Å². The number of fused-ring (bicyclic) bond motifs is 1. The van der Waals surface area contributed by atoms with Crippen molar-refractivity contribution >= 4 is 22.3 Å². The molecule has 0 atom stereocenters. The summed E-state index contributed by atoms with van der Waals surface area (Å²) < 4.78 is 0. The maximum Gasteiger partial charge on any atom is 0.0743 e. The number of benzene rings is 1. The summed E-state index contributed by atoms with van der Waals surface area (Å²) in [5.74, 6) is 0. The zero-order chi connectivity index (χ0) is 11.4. The molecule has 0 bridgehead atoms. The van der Waals surface area contributed by atoms with Crippen LogP contribution in [0.2, 0.25) is 0 Å². The molecular formula is C13H15N3. The van der Waals surface area contributed by atoms with Gasteiger partial charge in [0.25, 0.3) is 0 Å². The molecule has 0 unspecified atom stereocenters. The van der Waals surface area contributed by atoms with E-state index in [0.717, 1.165) is 29.6 Å². The second-order valence-electron chi connectivity index (χ2n) is 3.61. The predicted molar refractivity (Wildman–Crippen MR) is 69.5 cm³/mol. The van der Waals surface area contributed by atoms with Gasteiger partial charge in [0, 0.05) is 11.9 Å². The van der Waals surface area contributed by atoms with E-state index in [-0.39, 0.29) is 0 Å². The smallest absolute Gasteiger partial charge is 0.0743 e. The summed E-state index contributed by atoms with van der Waals surface area (Å²) in [4.78, 5) is 4.28. The molecule has 1 aromatic carbocycles. The van der Waals surface area contributed by atoms with Crippen molar-refractivity contribution in [2.45, 2.75) is 6.42 Å². The highest BCUT2D eigenvalue weighted by Gasteiger charge is 2.04. The first kappa shape index (κ1) is 10.5. The van der Waals surface area contributed by atoms with Crippen molar-refractivity contribution in [1.29, 1.82) is 0 Å². The third kappa shape index (κ3) is 1.98. The van der Waals surface area contributed by atoms with Crippen molar-refractivity contribution < 1.29 is 0 Å². The van der Waals surface area contributed by atoms with Crippen LogP contribution in [0, 0.1) is 0 Å². The molecule has 0 spiro atoms. The molecule has 0 saturated heterocycles. The van der Waals surface area contributed by atoms with Crippen LogP contribution in [0.15, 0.2) is 43.1 Å². The summed E-state index contributed by atoms with van der Waals surface area (Å²) in [6, 6.07) is 7.96. The van der Waals surface area contributed by atoms with Crippen LogP contribution in [0.4, 0.5) is 11.4 Å². The van der Waals surface area contributed by atoms with Crippen LogP contribution in [0.25, 0.3) is 10.9 Å². The fourth-order valence-corrected chi connectivity index (χ4v) is 1.65. The Morgan fingerprint density at radius 2 is 2.19 bits per heavy atom. The molecule has 0 saturated carbocycles. The van der Waals surface area contributed by atoms with E-state index in [1.165, 1.54) is 0 Å². The van der Waals surface area contributed by atoms with Gasteiger partial charge in [-0.3, -0.25) is 4.98 Å². The number of hydrogen-bond acceptors (Lipinski definition) is 3. The minimum absolute atomic E-state index is 0.683. The highest BCUT2D eigenvalue weighted by Crippen LogP contribution is 2.27. The molecule has 16 heavy (non-hydrogen) atoms. The molecule has 1 heterocycles. The van der Waals surface area contributed by atoms with E-state index in [0.29, 0.717) is 5.69 Å². The first-order valence-corrected chi connectivity index (χ1v) is 5.31. The number of hydrogen-bond donors (Lipinski definition) is 2. The first-order valence-electron chi connectivity index (χ1n) is 5.31. The summed E-state index contributed by atoms with van der Waals surface area (Å²) in [7, 11) is 0. The highest BCUT2D eigenvalue weighted by atomic mass is 14.9. The number of pyridine rings is 1. The summed E-state index contributed by atoms with van der Waals surface area (Å²) in [5.41, 5.74) is 8.52. The van der Waals surface area contributed by atoms with E-state index in [1.54, 1.807) is 6.20 Å². The van der Waals surface area contributed by atoms with E-state index in [9.17, 15) is 0 Å².